The summed E-state index contributed by atoms with van der Waals surface area (Å²) in [5.74, 6) is -0.242. The summed E-state index contributed by atoms with van der Waals surface area (Å²) in [4.78, 5) is 18.0. The Labute approximate surface area is 184 Å². The Morgan fingerprint density at radius 1 is 0.897 bits per heavy atom. The van der Waals surface area contributed by atoms with Gasteiger partial charge in [-0.15, -0.1) is 22.7 Å². The van der Waals surface area contributed by atoms with Gasteiger partial charge < -0.3 is 5.32 Å². The molecule has 3 aromatic carbocycles. The van der Waals surface area contributed by atoms with E-state index >= 15 is 0 Å². The average molecular weight is 455 g/mol. The van der Waals surface area contributed by atoms with Gasteiger partial charge in [0.2, 0.25) is 0 Å². The highest BCUT2D eigenvalue weighted by Crippen LogP contribution is 2.37. The number of hydrogen-bond donors (Lipinski definition) is 1. The third kappa shape index (κ3) is 3.51. The van der Waals surface area contributed by atoms with Gasteiger partial charge in [-0.05, 0) is 36.4 Å². The van der Waals surface area contributed by atoms with E-state index < -0.39 is 0 Å². The van der Waals surface area contributed by atoms with Crippen LogP contribution in [0.1, 0.15) is 9.67 Å². The molecule has 1 amide bonds. The molecule has 5 aromatic rings. The fourth-order valence-electron chi connectivity index (χ4n) is 3.10. The number of benzene rings is 3. The topological polar surface area (TPSA) is 42.0 Å². The number of carbonyl (C=O) groups is 1. The van der Waals surface area contributed by atoms with Gasteiger partial charge in [-0.25, -0.2) is 4.98 Å². The van der Waals surface area contributed by atoms with Crippen LogP contribution in [0.25, 0.3) is 30.9 Å². The smallest absolute Gasteiger partial charge is 0.267 e. The van der Waals surface area contributed by atoms with Gasteiger partial charge in [-0.3, -0.25) is 4.79 Å². The number of aromatic nitrogens is 1. The van der Waals surface area contributed by atoms with Crippen LogP contribution in [0, 0.1) is 0 Å². The second-order valence-electron chi connectivity index (χ2n) is 6.41. The van der Waals surface area contributed by atoms with Gasteiger partial charge in [0.05, 0.1) is 15.2 Å². The second-order valence-corrected chi connectivity index (χ2v) is 9.30. The molecule has 3 nitrogen and oxygen atoms in total. The highest BCUT2D eigenvalue weighted by molar-refractivity contribution is 7.22. The molecular weight excluding hydrogens is 443 g/mol. The van der Waals surface area contributed by atoms with Crippen molar-refractivity contribution in [2.45, 2.75) is 0 Å². The molecule has 29 heavy (non-hydrogen) atoms. The molecule has 2 aromatic heterocycles. The summed E-state index contributed by atoms with van der Waals surface area (Å²) in [7, 11) is 0. The number of nitrogens with zero attached hydrogens (tertiary/aromatic N) is 1. The lowest BCUT2D eigenvalue weighted by Crippen LogP contribution is -2.10. The number of thiazole rings is 1. The maximum absolute atomic E-state index is 12.8. The molecule has 0 spiro atoms. The summed E-state index contributed by atoms with van der Waals surface area (Å²) in [5, 5.41) is 5.75. The average Bonchev–Trinajstić information content (AvgIpc) is 3.29. The largest absolute Gasteiger partial charge is 0.321 e. The number of anilines is 1. The monoisotopic (exact) mass is 454 g/mol. The number of rotatable bonds is 3. The Morgan fingerprint density at radius 3 is 2.62 bits per heavy atom. The molecule has 0 saturated carbocycles. The van der Waals surface area contributed by atoms with Crippen molar-refractivity contribution in [3.8, 4) is 10.6 Å². The van der Waals surface area contributed by atoms with Crippen LogP contribution in [0.2, 0.25) is 10.0 Å². The maximum atomic E-state index is 12.8. The third-order valence-electron chi connectivity index (χ3n) is 4.46. The molecule has 0 aliphatic rings. The van der Waals surface area contributed by atoms with Crippen LogP contribution < -0.4 is 5.32 Å². The van der Waals surface area contributed by atoms with Crippen molar-refractivity contribution in [3.63, 3.8) is 0 Å². The summed E-state index contributed by atoms with van der Waals surface area (Å²) >= 11 is 15.4. The van der Waals surface area contributed by atoms with Crippen molar-refractivity contribution in [1.82, 2.24) is 4.98 Å². The zero-order chi connectivity index (χ0) is 20.0. The molecule has 0 radical (unpaired) electrons. The van der Waals surface area contributed by atoms with E-state index in [4.69, 9.17) is 23.2 Å². The number of para-hydroxylation sites is 1. The Kier molecular flexibility index (Phi) is 4.76. The van der Waals surface area contributed by atoms with E-state index in [1.807, 2.05) is 54.6 Å². The summed E-state index contributed by atoms with van der Waals surface area (Å²) < 4.78 is 2.02. The van der Waals surface area contributed by atoms with Gasteiger partial charge in [0.1, 0.15) is 9.88 Å². The third-order valence-corrected chi connectivity index (χ3v) is 7.44. The molecule has 0 fully saturated rings. The lowest BCUT2D eigenvalue weighted by atomic mass is 10.2. The number of carbonyl (C=O) groups excluding carboxylic acids is 1. The van der Waals surface area contributed by atoms with E-state index in [-0.39, 0.29) is 5.91 Å². The fourth-order valence-corrected chi connectivity index (χ4v) is 5.75. The number of nitrogens with one attached hydrogen (secondary N) is 1. The Bertz CT molecular complexity index is 1360. The molecular formula is C22H12Cl2N2OS2. The van der Waals surface area contributed by atoms with Crippen molar-refractivity contribution in [1.29, 1.82) is 0 Å². The quantitative estimate of drug-likeness (QED) is 0.302. The van der Waals surface area contributed by atoms with Crippen LogP contribution in [0.4, 0.5) is 5.69 Å². The molecule has 142 valence electrons. The van der Waals surface area contributed by atoms with E-state index in [2.05, 4.69) is 16.4 Å². The maximum Gasteiger partial charge on any atom is 0.267 e. The molecule has 2 heterocycles. The van der Waals surface area contributed by atoms with E-state index in [9.17, 15) is 4.79 Å². The Hall–Kier alpha value is -2.44. The number of fused-ring (bicyclic) bond motifs is 2. The zero-order valence-electron chi connectivity index (χ0n) is 14.8. The van der Waals surface area contributed by atoms with E-state index in [0.717, 1.165) is 30.9 Å². The van der Waals surface area contributed by atoms with Gasteiger partial charge in [0, 0.05) is 26.4 Å². The number of halogens is 2. The first kappa shape index (κ1) is 18.6. The highest BCUT2D eigenvalue weighted by atomic mass is 35.5. The Balaban J connectivity index is 1.46. The summed E-state index contributed by atoms with van der Waals surface area (Å²) in [6.45, 7) is 0. The van der Waals surface area contributed by atoms with Crippen molar-refractivity contribution in [3.05, 3.63) is 81.7 Å². The molecule has 0 unspecified atom stereocenters. The minimum absolute atomic E-state index is 0.242. The van der Waals surface area contributed by atoms with Crippen LogP contribution in [-0.2, 0) is 0 Å². The lowest BCUT2D eigenvalue weighted by Gasteiger charge is -2.05. The molecule has 0 aliphatic carbocycles. The van der Waals surface area contributed by atoms with Gasteiger partial charge in [0.25, 0.3) is 5.91 Å². The molecule has 5 rings (SSSR count). The first-order chi connectivity index (χ1) is 14.1. The molecule has 0 aliphatic heterocycles. The van der Waals surface area contributed by atoms with Crippen molar-refractivity contribution < 1.29 is 4.79 Å². The SMILES string of the molecule is O=C(Nc1cccc(-c2nc3ccccc3s2)c1)c1sc2cc(Cl)ccc2c1Cl. The van der Waals surface area contributed by atoms with Gasteiger partial charge >= 0.3 is 0 Å². The minimum Gasteiger partial charge on any atom is -0.321 e. The summed E-state index contributed by atoms with van der Waals surface area (Å²) in [5.41, 5.74) is 2.62. The van der Waals surface area contributed by atoms with E-state index in [0.29, 0.717) is 20.6 Å². The van der Waals surface area contributed by atoms with Gasteiger partial charge in [0.15, 0.2) is 0 Å². The summed E-state index contributed by atoms with van der Waals surface area (Å²) in [6.07, 6.45) is 0. The van der Waals surface area contributed by atoms with Crippen LogP contribution in [0.5, 0.6) is 0 Å². The van der Waals surface area contributed by atoms with Crippen LogP contribution >= 0.6 is 45.9 Å². The lowest BCUT2D eigenvalue weighted by molar-refractivity contribution is 0.103. The molecule has 1 N–H and O–H groups in total. The fraction of sp³-hybridized carbons (Fsp3) is 0. The van der Waals surface area contributed by atoms with Crippen LogP contribution in [0.15, 0.2) is 66.7 Å². The summed E-state index contributed by atoms with van der Waals surface area (Å²) in [6, 6.07) is 21.1. The van der Waals surface area contributed by atoms with E-state index in [1.165, 1.54) is 11.3 Å². The predicted octanol–water partition coefficient (Wildman–Crippen LogP) is 7.74. The van der Waals surface area contributed by atoms with Crippen molar-refractivity contribution in [2.75, 3.05) is 5.32 Å². The van der Waals surface area contributed by atoms with Crippen LogP contribution in [-0.4, -0.2) is 10.9 Å². The highest BCUT2D eigenvalue weighted by Gasteiger charge is 2.18. The molecule has 7 heteroatoms. The van der Waals surface area contributed by atoms with Crippen molar-refractivity contribution in [2.24, 2.45) is 0 Å². The van der Waals surface area contributed by atoms with Crippen molar-refractivity contribution >= 4 is 77.8 Å². The van der Waals surface area contributed by atoms with Gasteiger partial charge in [-0.1, -0.05) is 53.5 Å². The van der Waals surface area contributed by atoms with E-state index in [1.54, 1.807) is 17.4 Å². The first-order valence-corrected chi connectivity index (χ1v) is 11.1. The first-order valence-electron chi connectivity index (χ1n) is 8.73. The van der Waals surface area contributed by atoms with Crippen LogP contribution in [0.3, 0.4) is 0 Å². The molecule has 0 saturated heterocycles. The van der Waals surface area contributed by atoms with Gasteiger partial charge in [-0.2, -0.15) is 0 Å². The number of thiophene rings is 1. The molecule has 0 bridgehead atoms. The Morgan fingerprint density at radius 2 is 1.76 bits per heavy atom. The normalized spacial score (nSPS) is 11.2. The number of hydrogen-bond acceptors (Lipinski definition) is 4. The number of amides is 1. The standard InChI is InChI=1S/C22H12Cl2N2OS2/c23-13-8-9-15-18(11-13)28-20(19(15)24)21(27)25-14-5-3-4-12(10-14)22-26-16-6-1-2-7-17(16)29-22/h1-11H,(H,25,27). The molecule has 0 atom stereocenters. The minimum atomic E-state index is -0.242. The zero-order valence-corrected chi connectivity index (χ0v) is 17.9. The predicted molar refractivity (Wildman–Crippen MR) is 125 cm³/mol. The second kappa shape index (κ2) is 7.43.